The number of aliphatic hydroxyl groups is 1. The van der Waals surface area contributed by atoms with Crippen molar-refractivity contribution in [3.63, 3.8) is 0 Å². The Morgan fingerprint density at radius 3 is 2.86 bits per heavy atom. The van der Waals surface area contributed by atoms with Gasteiger partial charge in [0.05, 0.1) is 23.2 Å². The van der Waals surface area contributed by atoms with Gasteiger partial charge < -0.3 is 15.2 Å². The molecule has 1 aromatic carbocycles. The maximum atomic E-state index is 13.4. The first kappa shape index (κ1) is 26.8. The molecule has 192 valence electrons. The molecule has 0 radical (unpaired) electrons. The first-order valence-corrected chi connectivity index (χ1v) is 14.1. The molecule has 36 heavy (non-hydrogen) atoms. The van der Waals surface area contributed by atoms with Gasteiger partial charge in [-0.05, 0) is 47.5 Å². The summed E-state index contributed by atoms with van der Waals surface area (Å²) in [6.07, 6.45) is 2.42. The van der Waals surface area contributed by atoms with E-state index in [1.54, 1.807) is 13.2 Å². The molecule has 13 heteroatoms. The molecule has 10 nitrogen and oxygen atoms in total. The summed E-state index contributed by atoms with van der Waals surface area (Å²) in [5, 5.41) is 20.3. The van der Waals surface area contributed by atoms with Crippen molar-refractivity contribution in [2.75, 3.05) is 19.0 Å². The summed E-state index contributed by atoms with van der Waals surface area (Å²) in [6, 6.07) is 9.35. The molecular weight excluding hydrogens is 572 g/mol. The number of methoxy groups -OCH3 is 1. The number of ketones is 1. The molecule has 0 bridgehead atoms. The van der Waals surface area contributed by atoms with Crippen molar-refractivity contribution in [1.29, 1.82) is 0 Å². The number of aromatic nitrogens is 2. The third kappa shape index (κ3) is 6.54. The van der Waals surface area contributed by atoms with Gasteiger partial charge in [0.2, 0.25) is 5.78 Å². The monoisotopic (exact) mass is 596 g/mol. The second-order valence-electron chi connectivity index (χ2n) is 8.45. The summed E-state index contributed by atoms with van der Waals surface area (Å²) < 4.78 is 33.4. The van der Waals surface area contributed by atoms with E-state index in [1.807, 2.05) is 29.6 Å². The average molecular weight is 598 g/mol. The Hall–Kier alpha value is -2.26. The van der Waals surface area contributed by atoms with Gasteiger partial charge in [0.1, 0.15) is 18.2 Å². The number of carbonyl (C=O) groups is 1. The number of aliphatic hydroxyl groups excluding tert-OH is 1. The van der Waals surface area contributed by atoms with Gasteiger partial charge in [-0.15, -0.1) is 11.3 Å². The Morgan fingerprint density at radius 1 is 1.33 bits per heavy atom. The minimum absolute atomic E-state index is 0.218. The largest absolute Gasteiger partial charge is 0.393 e. The van der Waals surface area contributed by atoms with Crippen molar-refractivity contribution in [1.82, 2.24) is 9.97 Å². The number of rotatable bonds is 10. The van der Waals surface area contributed by atoms with Crippen LogP contribution in [0.25, 0.3) is 0 Å². The molecule has 1 aliphatic carbocycles. The van der Waals surface area contributed by atoms with E-state index in [4.69, 9.17) is 9.88 Å². The van der Waals surface area contributed by atoms with Crippen molar-refractivity contribution < 1.29 is 27.2 Å². The summed E-state index contributed by atoms with van der Waals surface area (Å²) in [7, 11) is -2.47. The quantitative estimate of drug-likeness (QED) is 0.299. The Balaban J connectivity index is 1.49. The second kappa shape index (κ2) is 11.4. The normalized spacial score (nSPS) is 20.8. The Labute approximate surface area is 221 Å². The zero-order valence-corrected chi connectivity index (χ0v) is 22.4. The van der Waals surface area contributed by atoms with E-state index < -0.39 is 22.3 Å². The van der Waals surface area contributed by atoms with Crippen molar-refractivity contribution in [2.24, 2.45) is 11.1 Å². The van der Waals surface area contributed by atoms with Crippen LogP contribution >= 0.6 is 27.3 Å². The van der Waals surface area contributed by atoms with E-state index in [0.717, 1.165) is 15.6 Å². The zero-order valence-electron chi connectivity index (χ0n) is 19.2. The Morgan fingerprint density at radius 2 is 2.14 bits per heavy atom. The SMILES string of the molecule is COC(c1cccc(Br)c1)c1csc(C(=O)c2cncnc2N[C@@H]2C[C@H](COS(N)(=O)=O)[C@@H](O)C2)c1. The minimum atomic E-state index is -4.09. The van der Waals surface area contributed by atoms with Crippen molar-refractivity contribution in [3.05, 3.63) is 74.3 Å². The highest BCUT2D eigenvalue weighted by atomic mass is 79.9. The third-order valence-corrected chi connectivity index (χ3v) is 7.84. The fourth-order valence-corrected chi connectivity index (χ4v) is 5.92. The lowest BCUT2D eigenvalue weighted by molar-refractivity contribution is 0.101. The fraction of sp³-hybridized carbons (Fsp3) is 0.348. The van der Waals surface area contributed by atoms with Crippen LogP contribution in [0.15, 0.2) is 52.7 Å². The minimum Gasteiger partial charge on any atom is -0.393 e. The molecule has 2 aromatic heterocycles. The number of halogens is 1. The molecule has 1 aliphatic rings. The summed E-state index contributed by atoms with van der Waals surface area (Å²) in [6.45, 7) is -0.218. The van der Waals surface area contributed by atoms with E-state index in [1.165, 1.54) is 23.9 Å². The number of hydrogen-bond donors (Lipinski definition) is 3. The van der Waals surface area contributed by atoms with E-state index in [9.17, 15) is 18.3 Å². The van der Waals surface area contributed by atoms with E-state index >= 15 is 0 Å². The van der Waals surface area contributed by atoms with Crippen LogP contribution in [-0.4, -0.2) is 55.1 Å². The molecule has 0 amide bonds. The van der Waals surface area contributed by atoms with Gasteiger partial charge in [-0.25, -0.2) is 15.1 Å². The number of thiophene rings is 1. The number of carbonyl (C=O) groups excluding carboxylic acids is 1. The van der Waals surface area contributed by atoms with Gasteiger partial charge in [0.25, 0.3) is 0 Å². The predicted molar refractivity (Wildman–Crippen MR) is 138 cm³/mol. The maximum absolute atomic E-state index is 13.4. The number of anilines is 1. The lowest BCUT2D eigenvalue weighted by Gasteiger charge is -2.16. The molecule has 0 saturated heterocycles. The summed E-state index contributed by atoms with van der Waals surface area (Å²) in [5.41, 5.74) is 2.10. The lowest BCUT2D eigenvalue weighted by atomic mass is 10.0. The number of nitrogens with one attached hydrogen (secondary N) is 1. The molecule has 1 fully saturated rings. The highest BCUT2D eigenvalue weighted by Crippen LogP contribution is 2.33. The van der Waals surface area contributed by atoms with Crippen LogP contribution in [0.2, 0.25) is 0 Å². The first-order chi connectivity index (χ1) is 17.1. The van der Waals surface area contributed by atoms with Crippen molar-refractivity contribution in [3.8, 4) is 0 Å². The van der Waals surface area contributed by atoms with E-state index in [2.05, 4.69) is 35.4 Å². The Bertz CT molecular complexity index is 1340. The number of ether oxygens (including phenoxy) is 1. The van der Waals surface area contributed by atoms with Crippen molar-refractivity contribution >= 4 is 49.2 Å². The molecule has 4 rings (SSSR count). The molecule has 2 heterocycles. The van der Waals surface area contributed by atoms with Crippen LogP contribution in [0, 0.1) is 5.92 Å². The fourth-order valence-electron chi connectivity index (χ4n) is 4.26. The van der Waals surface area contributed by atoms with E-state index in [0.29, 0.717) is 29.1 Å². The van der Waals surface area contributed by atoms with Gasteiger partial charge in [-0.2, -0.15) is 8.42 Å². The molecule has 0 spiro atoms. The average Bonchev–Trinajstić information content (AvgIpc) is 3.44. The van der Waals surface area contributed by atoms with E-state index in [-0.39, 0.29) is 24.5 Å². The van der Waals surface area contributed by atoms with Crippen LogP contribution in [0.5, 0.6) is 0 Å². The second-order valence-corrected chi connectivity index (χ2v) is 11.5. The molecular formula is C23H25BrN4O6S2. The highest BCUT2D eigenvalue weighted by molar-refractivity contribution is 9.10. The van der Waals surface area contributed by atoms with Gasteiger partial charge in [-0.1, -0.05) is 28.1 Å². The molecule has 4 atom stereocenters. The number of hydrogen-bond acceptors (Lipinski definition) is 10. The summed E-state index contributed by atoms with van der Waals surface area (Å²) >= 11 is 4.78. The van der Waals surface area contributed by atoms with Gasteiger partial charge in [-0.3, -0.25) is 8.98 Å². The standard InChI is InChI=1S/C23H25BrN4O6S2/c1-33-22(13-3-2-4-16(24)5-13)15-7-20(35-11-15)21(30)18-9-26-12-27-23(18)28-17-6-14(19(29)8-17)10-34-36(25,31)32/h2-5,7,9,11-12,14,17,19,22,29H,6,8,10H2,1H3,(H2,25,31,32)(H,26,27,28)/t14-,17-,19+,22?/m1/s1. The van der Waals surface area contributed by atoms with Crippen LogP contribution in [0.4, 0.5) is 5.82 Å². The van der Waals surface area contributed by atoms with Crippen molar-refractivity contribution in [2.45, 2.75) is 31.1 Å². The number of nitrogens with zero attached hydrogens (tertiary/aromatic N) is 2. The number of benzene rings is 1. The van der Waals surface area contributed by atoms with Gasteiger partial charge in [0, 0.05) is 29.7 Å². The molecule has 3 aromatic rings. The van der Waals surface area contributed by atoms with Crippen LogP contribution in [0.3, 0.4) is 0 Å². The zero-order chi connectivity index (χ0) is 25.9. The third-order valence-electron chi connectivity index (χ3n) is 5.93. The highest BCUT2D eigenvalue weighted by Gasteiger charge is 2.35. The topological polar surface area (TPSA) is 154 Å². The van der Waals surface area contributed by atoms with Gasteiger partial charge in [0.15, 0.2) is 0 Å². The lowest BCUT2D eigenvalue weighted by Crippen LogP contribution is -2.24. The van der Waals surface area contributed by atoms with Crippen LogP contribution in [-0.2, 0) is 19.2 Å². The summed E-state index contributed by atoms with van der Waals surface area (Å²) in [4.78, 5) is 22.2. The van der Waals surface area contributed by atoms with Gasteiger partial charge >= 0.3 is 10.3 Å². The first-order valence-electron chi connectivity index (χ1n) is 11.0. The molecule has 1 saturated carbocycles. The summed E-state index contributed by atoms with van der Waals surface area (Å²) in [5.74, 6) is -0.331. The van der Waals surface area contributed by atoms with Crippen LogP contribution in [0.1, 0.15) is 45.3 Å². The number of nitrogens with two attached hydrogens (primary N) is 1. The smallest absolute Gasteiger partial charge is 0.333 e. The maximum Gasteiger partial charge on any atom is 0.333 e. The molecule has 1 unspecified atom stereocenters. The Kier molecular flexibility index (Phi) is 8.50. The molecule has 4 N–H and O–H groups in total. The predicted octanol–water partition coefficient (Wildman–Crippen LogP) is 3.04. The molecule has 0 aliphatic heterocycles. The van der Waals surface area contributed by atoms with Crippen LogP contribution < -0.4 is 10.5 Å².